The zero-order valence-electron chi connectivity index (χ0n) is 9.29. The number of amides is 3. The Morgan fingerprint density at radius 2 is 2.44 bits per heavy atom. The van der Waals surface area contributed by atoms with Crippen LogP contribution in [0.3, 0.4) is 0 Å². The Morgan fingerprint density at radius 1 is 1.69 bits per heavy atom. The molecule has 0 aromatic carbocycles. The molecule has 2 atom stereocenters. The van der Waals surface area contributed by atoms with E-state index in [9.17, 15) is 14.4 Å². The SMILES string of the molecule is CC(CC1CCNC1=O)NC(=O)CNC=O. The molecule has 3 N–H and O–H groups in total. The van der Waals surface area contributed by atoms with Gasteiger partial charge in [-0.3, -0.25) is 14.4 Å². The first-order chi connectivity index (χ1) is 7.63. The average molecular weight is 227 g/mol. The van der Waals surface area contributed by atoms with Crippen LogP contribution in [0.15, 0.2) is 0 Å². The number of nitrogens with one attached hydrogen (secondary N) is 3. The first-order valence-corrected chi connectivity index (χ1v) is 5.37. The average Bonchev–Trinajstić information content (AvgIpc) is 2.61. The normalized spacial score (nSPS) is 21.1. The molecule has 0 spiro atoms. The van der Waals surface area contributed by atoms with Crippen molar-refractivity contribution in [1.29, 1.82) is 0 Å². The van der Waals surface area contributed by atoms with Gasteiger partial charge < -0.3 is 16.0 Å². The molecule has 1 aliphatic rings. The van der Waals surface area contributed by atoms with Gasteiger partial charge in [-0.05, 0) is 19.8 Å². The molecule has 6 heteroatoms. The standard InChI is InChI=1S/C10H17N3O3/c1-7(13-9(15)5-11-6-14)4-8-2-3-12-10(8)16/h6-8H,2-5H2,1H3,(H,11,14)(H,12,16)(H,13,15). The van der Waals surface area contributed by atoms with Crippen LogP contribution < -0.4 is 16.0 Å². The Kier molecular flexibility index (Phi) is 4.75. The Bertz CT molecular complexity index is 280. The van der Waals surface area contributed by atoms with E-state index in [0.717, 1.165) is 13.0 Å². The smallest absolute Gasteiger partial charge is 0.239 e. The van der Waals surface area contributed by atoms with E-state index in [1.807, 2.05) is 6.92 Å². The van der Waals surface area contributed by atoms with Crippen LogP contribution in [0.25, 0.3) is 0 Å². The molecule has 3 amide bonds. The van der Waals surface area contributed by atoms with Crippen LogP contribution in [0, 0.1) is 5.92 Å². The molecule has 0 aromatic heterocycles. The lowest BCUT2D eigenvalue weighted by Crippen LogP contribution is -2.40. The minimum absolute atomic E-state index is 0.00525. The van der Waals surface area contributed by atoms with E-state index in [-0.39, 0.29) is 30.3 Å². The Labute approximate surface area is 94.2 Å². The summed E-state index contributed by atoms with van der Waals surface area (Å²) in [6.07, 6.45) is 1.94. The molecule has 1 heterocycles. The highest BCUT2D eigenvalue weighted by Gasteiger charge is 2.25. The summed E-state index contributed by atoms with van der Waals surface area (Å²) in [6, 6.07) is -0.0604. The summed E-state index contributed by atoms with van der Waals surface area (Å²) in [7, 11) is 0. The second-order valence-corrected chi connectivity index (χ2v) is 3.98. The van der Waals surface area contributed by atoms with Crippen LogP contribution >= 0.6 is 0 Å². The minimum atomic E-state index is -0.238. The van der Waals surface area contributed by atoms with Gasteiger partial charge in [0.25, 0.3) is 0 Å². The molecule has 6 nitrogen and oxygen atoms in total. The fraction of sp³-hybridized carbons (Fsp3) is 0.700. The zero-order chi connectivity index (χ0) is 12.0. The van der Waals surface area contributed by atoms with Crippen molar-refractivity contribution in [2.45, 2.75) is 25.8 Å². The fourth-order valence-corrected chi connectivity index (χ4v) is 1.82. The third-order valence-corrected chi connectivity index (χ3v) is 2.55. The van der Waals surface area contributed by atoms with Crippen LogP contribution in [0.5, 0.6) is 0 Å². The Hall–Kier alpha value is -1.59. The maximum Gasteiger partial charge on any atom is 0.239 e. The maximum atomic E-state index is 11.3. The van der Waals surface area contributed by atoms with E-state index in [1.54, 1.807) is 0 Å². The van der Waals surface area contributed by atoms with Crippen molar-refractivity contribution in [3.05, 3.63) is 0 Å². The van der Waals surface area contributed by atoms with Gasteiger partial charge in [0.05, 0.1) is 6.54 Å². The Morgan fingerprint density at radius 3 is 3.00 bits per heavy atom. The van der Waals surface area contributed by atoms with E-state index in [4.69, 9.17) is 0 Å². The van der Waals surface area contributed by atoms with Crippen molar-refractivity contribution in [3.63, 3.8) is 0 Å². The van der Waals surface area contributed by atoms with Crippen molar-refractivity contribution in [2.75, 3.05) is 13.1 Å². The lowest BCUT2D eigenvalue weighted by atomic mass is 9.99. The summed E-state index contributed by atoms with van der Waals surface area (Å²) in [5.41, 5.74) is 0. The van der Waals surface area contributed by atoms with Gasteiger partial charge in [0.2, 0.25) is 18.2 Å². The predicted molar refractivity (Wildman–Crippen MR) is 57.4 cm³/mol. The summed E-state index contributed by atoms with van der Waals surface area (Å²) < 4.78 is 0. The Balaban J connectivity index is 2.24. The summed E-state index contributed by atoms with van der Waals surface area (Å²) >= 11 is 0. The predicted octanol–water partition coefficient (Wildman–Crippen LogP) is -1.24. The van der Waals surface area contributed by atoms with E-state index in [2.05, 4.69) is 16.0 Å². The molecule has 2 unspecified atom stereocenters. The number of hydrogen-bond donors (Lipinski definition) is 3. The van der Waals surface area contributed by atoms with Gasteiger partial charge in [-0.15, -0.1) is 0 Å². The molecule has 0 bridgehead atoms. The zero-order valence-corrected chi connectivity index (χ0v) is 9.29. The van der Waals surface area contributed by atoms with Gasteiger partial charge in [0.1, 0.15) is 0 Å². The molecule has 0 aliphatic carbocycles. The van der Waals surface area contributed by atoms with Crippen molar-refractivity contribution in [3.8, 4) is 0 Å². The molecule has 16 heavy (non-hydrogen) atoms. The quantitative estimate of drug-likeness (QED) is 0.496. The molecule has 1 saturated heterocycles. The highest BCUT2D eigenvalue weighted by Crippen LogP contribution is 2.15. The largest absolute Gasteiger partial charge is 0.356 e. The third-order valence-electron chi connectivity index (χ3n) is 2.55. The van der Waals surface area contributed by atoms with Crippen LogP contribution in [-0.2, 0) is 14.4 Å². The first-order valence-electron chi connectivity index (χ1n) is 5.37. The summed E-state index contributed by atoms with van der Waals surface area (Å²) in [5, 5.41) is 7.76. The van der Waals surface area contributed by atoms with Crippen molar-refractivity contribution >= 4 is 18.2 Å². The fourth-order valence-electron chi connectivity index (χ4n) is 1.82. The van der Waals surface area contributed by atoms with Gasteiger partial charge in [-0.2, -0.15) is 0 Å². The molecule has 0 aromatic rings. The summed E-state index contributed by atoms with van der Waals surface area (Å²) in [4.78, 5) is 32.5. The van der Waals surface area contributed by atoms with Gasteiger partial charge in [-0.1, -0.05) is 0 Å². The number of carbonyl (C=O) groups excluding carboxylic acids is 3. The minimum Gasteiger partial charge on any atom is -0.356 e. The van der Waals surface area contributed by atoms with Crippen molar-refractivity contribution in [2.24, 2.45) is 5.92 Å². The van der Waals surface area contributed by atoms with Crippen LogP contribution in [0.4, 0.5) is 0 Å². The monoisotopic (exact) mass is 227 g/mol. The second-order valence-electron chi connectivity index (χ2n) is 3.98. The van der Waals surface area contributed by atoms with Gasteiger partial charge >= 0.3 is 0 Å². The molecule has 0 saturated carbocycles. The molecule has 90 valence electrons. The lowest BCUT2D eigenvalue weighted by molar-refractivity contribution is -0.124. The van der Waals surface area contributed by atoms with Crippen LogP contribution in [0.2, 0.25) is 0 Å². The van der Waals surface area contributed by atoms with Crippen molar-refractivity contribution in [1.82, 2.24) is 16.0 Å². The highest BCUT2D eigenvalue weighted by molar-refractivity contribution is 5.81. The second kappa shape index (κ2) is 6.09. The molecular formula is C10H17N3O3. The topological polar surface area (TPSA) is 87.3 Å². The van der Waals surface area contributed by atoms with E-state index in [0.29, 0.717) is 12.8 Å². The van der Waals surface area contributed by atoms with Gasteiger partial charge in [-0.25, -0.2) is 0 Å². The molecule has 1 aliphatic heterocycles. The van der Waals surface area contributed by atoms with Crippen LogP contribution in [-0.4, -0.2) is 37.4 Å². The summed E-state index contributed by atoms with van der Waals surface area (Å²) in [5.74, 6) is -0.181. The van der Waals surface area contributed by atoms with Gasteiger partial charge in [0.15, 0.2) is 0 Å². The maximum absolute atomic E-state index is 11.3. The van der Waals surface area contributed by atoms with E-state index < -0.39 is 0 Å². The van der Waals surface area contributed by atoms with Crippen LogP contribution in [0.1, 0.15) is 19.8 Å². The summed E-state index contributed by atoms with van der Waals surface area (Å²) in [6.45, 7) is 2.55. The number of rotatable bonds is 6. The number of carbonyl (C=O) groups is 3. The molecule has 1 fully saturated rings. The molecular weight excluding hydrogens is 210 g/mol. The highest BCUT2D eigenvalue weighted by atomic mass is 16.2. The molecule has 1 rings (SSSR count). The van der Waals surface area contributed by atoms with E-state index in [1.165, 1.54) is 0 Å². The first kappa shape index (κ1) is 12.5. The third kappa shape index (κ3) is 3.88. The van der Waals surface area contributed by atoms with Gasteiger partial charge in [0, 0.05) is 18.5 Å². The van der Waals surface area contributed by atoms with Crippen molar-refractivity contribution < 1.29 is 14.4 Å². The van der Waals surface area contributed by atoms with E-state index >= 15 is 0 Å². The molecule has 0 radical (unpaired) electrons. The number of hydrogen-bond acceptors (Lipinski definition) is 3. The lowest BCUT2D eigenvalue weighted by Gasteiger charge is -2.16.